The number of hydrogen-bond acceptors (Lipinski definition) is 6. The van der Waals surface area contributed by atoms with Crippen LogP contribution in [0.1, 0.15) is 32.5 Å². The molecule has 1 unspecified atom stereocenters. The molecule has 0 radical (unpaired) electrons. The van der Waals surface area contributed by atoms with Gasteiger partial charge in [0.1, 0.15) is 12.2 Å². The van der Waals surface area contributed by atoms with Crippen molar-refractivity contribution in [2.24, 2.45) is 5.41 Å². The summed E-state index contributed by atoms with van der Waals surface area (Å²) in [6.07, 6.45) is 2.73. The molecule has 7 nitrogen and oxygen atoms in total. The summed E-state index contributed by atoms with van der Waals surface area (Å²) in [4.78, 5) is 28.9. The second-order valence-corrected chi connectivity index (χ2v) is 5.10. The molecule has 0 aliphatic carbocycles. The van der Waals surface area contributed by atoms with Gasteiger partial charge in [-0.1, -0.05) is 6.92 Å². The molecule has 0 spiro atoms. The molecule has 116 valence electrons. The fraction of sp³-hybridized carbons (Fsp3) is 0.714. The van der Waals surface area contributed by atoms with E-state index in [4.69, 9.17) is 9.47 Å². The molecule has 1 aromatic heterocycles. The van der Waals surface area contributed by atoms with Crippen molar-refractivity contribution in [3.05, 3.63) is 12.2 Å². The van der Waals surface area contributed by atoms with Crippen LogP contribution in [0.2, 0.25) is 0 Å². The number of aryl methyl sites for hydroxylation is 1. The van der Waals surface area contributed by atoms with Crippen LogP contribution >= 0.6 is 0 Å². The summed E-state index contributed by atoms with van der Waals surface area (Å²) in [5, 5.41) is 4.13. The number of nitrogens with zero attached hydrogens (tertiary/aromatic N) is 3. The van der Waals surface area contributed by atoms with Crippen LogP contribution in [-0.2, 0) is 32.0 Å². The summed E-state index contributed by atoms with van der Waals surface area (Å²) in [6, 6.07) is 0. The van der Waals surface area contributed by atoms with Gasteiger partial charge in [0.05, 0.1) is 19.8 Å². The average molecular weight is 295 g/mol. The topological polar surface area (TPSA) is 83.3 Å². The Hall–Kier alpha value is -1.76. The Balaban J connectivity index is 2.29. The SMILES string of the molecule is CCCn1ncnc1CC1(C(=O)OCC)COCCC1=O. The van der Waals surface area contributed by atoms with Gasteiger partial charge in [-0.3, -0.25) is 14.3 Å². The van der Waals surface area contributed by atoms with Crippen molar-refractivity contribution in [1.82, 2.24) is 14.8 Å². The average Bonchev–Trinajstić information content (AvgIpc) is 2.89. The first-order valence-electron chi connectivity index (χ1n) is 7.29. The van der Waals surface area contributed by atoms with Crippen molar-refractivity contribution in [3.8, 4) is 0 Å². The third-order valence-corrected chi connectivity index (χ3v) is 3.61. The minimum Gasteiger partial charge on any atom is -0.465 e. The first-order chi connectivity index (χ1) is 10.1. The van der Waals surface area contributed by atoms with E-state index in [1.54, 1.807) is 11.6 Å². The molecule has 7 heteroatoms. The third kappa shape index (κ3) is 3.12. The maximum atomic E-state index is 12.4. The maximum Gasteiger partial charge on any atom is 0.322 e. The van der Waals surface area contributed by atoms with Crippen LogP contribution in [0.5, 0.6) is 0 Å². The number of Topliss-reactive ketones (excluding diaryl/α,β-unsaturated/α-hetero) is 1. The van der Waals surface area contributed by atoms with E-state index >= 15 is 0 Å². The Labute approximate surface area is 123 Å². The largest absolute Gasteiger partial charge is 0.465 e. The van der Waals surface area contributed by atoms with Crippen LogP contribution in [0.3, 0.4) is 0 Å². The van der Waals surface area contributed by atoms with Gasteiger partial charge in [0.2, 0.25) is 0 Å². The maximum absolute atomic E-state index is 12.4. The molecular formula is C14H21N3O4. The zero-order valence-electron chi connectivity index (χ0n) is 12.5. The van der Waals surface area contributed by atoms with Gasteiger partial charge in [0.15, 0.2) is 11.2 Å². The number of hydrogen-bond donors (Lipinski definition) is 0. The fourth-order valence-electron chi connectivity index (χ4n) is 2.49. The summed E-state index contributed by atoms with van der Waals surface area (Å²) in [7, 11) is 0. The molecule has 2 heterocycles. The van der Waals surface area contributed by atoms with E-state index in [1.807, 2.05) is 6.92 Å². The van der Waals surface area contributed by atoms with E-state index in [-0.39, 0.29) is 31.8 Å². The van der Waals surface area contributed by atoms with Crippen molar-refractivity contribution in [3.63, 3.8) is 0 Å². The monoisotopic (exact) mass is 295 g/mol. The quantitative estimate of drug-likeness (QED) is 0.569. The Morgan fingerprint density at radius 1 is 1.52 bits per heavy atom. The van der Waals surface area contributed by atoms with Gasteiger partial charge in [0, 0.05) is 19.4 Å². The summed E-state index contributed by atoms with van der Waals surface area (Å²) >= 11 is 0. The molecule has 1 aromatic rings. The zero-order valence-corrected chi connectivity index (χ0v) is 12.5. The van der Waals surface area contributed by atoms with Gasteiger partial charge in [-0.2, -0.15) is 5.10 Å². The highest BCUT2D eigenvalue weighted by molar-refractivity contribution is 6.04. The lowest BCUT2D eigenvalue weighted by atomic mass is 9.78. The molecule has 1 aliphatic rings. The van der Waals surface area contributed by atoms with Gasteiger partial charge in [-0.05, 0) is 13.3 Å². The van der Waals surface area contributed by atoms with E-state index < -0.39 is 11.4 Å². The van der Waals surface area contributed by atoms with Crippen LogP contribution in [0.15, 0.2) is 6.33 Å². The molecule has 0 aromatic carbocycles. The van der Waals surface area contributed by atoms with Crippen molar-refractivity contribution in [1.29, 1.82) is 0 Å². The van der Waals surface area contributed by atoms with Crippen LogP contribution in [0.4, 0.5) is 0 Å². The highest BCUT2D eigenvalue weighted by Crippen LogP contribution is 2.31. The lowest BCUT2D eigenvalue weighted by Gasteiger charge is -2.32. The number of aromatic nitrogens is 3. The van der Waals surface area contributed by atoms with Crippen LogP contribution in [0, 0.1) is 5.41 Å². The first kappa shape index (κ1) is 15.6. The Morgan fingerprint density at radius 2 is 2.33 bits per heavy atom. The molecule has 0 bridgehead atoms. The zero-order chi connectivity index (χ0) is 15.3. The Bertz CT molecular complexity index is 514. The predicted molar refractivity (Wildman–Crippen MR) is 73.5 cm³/mol. The summed E-state index contributed by atoms with van der Waals surface area (Å²) in [6.45, 7) is 5.07. The molecule has 1 aliphatic heterocycles. The molecule has 1 atom stereocenters. The number of ketones is 1. The van der Waals surface area contributed by atoms with E-state index in [0.717, 1.165) is 6.42 Å². The Morgan fingerprint density at radius 3 is 3.00 bits per heavy atom. The highest BCUT2D eigenvalue weighted by atomic mass is 16.5. The predicted octanol–water partition coefficient (Wildman–Crippen LogP) is 0.769. The molecule has 1 fully saturated rings. The second kappa shape index (κ2) is 6.80. The molecule has 2 rings (SSSR count). The third-order valence-electron chi connectivity index (χ3n) is 3.61. The van der Waals surface area contributed by atoms with E-state index in [2.05, 4.69) is 10.1 Å². The van der Waals surface area contributed by atoms with E-state index in [9.17, 15) is 9.59 Å². The van der Waals surface area contributed by atoms with Gasteiger partial charge in [0.25, 0.3) is 0 Å². The molecule has 0 saturated carbocycles. The van der Waals surface area contributed by atoms with Crippen LogP contribution < -0.4 is 0 Å². The van der Waals surface area contributed by atoms with Crippen LogP contribution in [-0.4, -0.2) is 46.3 Å². The van der Waals surface area contributed by atoms with Gasteiger partial charge < -0.3 is 9.47 Å². The molecular weight excluding hydrogens is 274 g/mol. The number of carbonyl (C=O) groups excluding carboxylic acids is 2. The number of esters is 1. The van der Waals surface area contributed by atoms with Gasteiger partial charge in [-0.15, -0.1) is 0 Å². The minimum absolute atomic E-state index is 0.0453. The first-order valence-corrected chi connectivity index (χ1v) is 7.29. The van der Waals surface area contributed by atoms with Gasteiger partial charge in [-0.25, -0.2) is 4.98 Å². The van der Waals surface area contributed by atoms with Crippen molar-refractivity contribution in [2.45, 2.75) is 39.7 Å². The standard InChI is InChI=1S/C14H21N3O4/c1-3-6-17-12(15-10-16-17)8-14(13(19)21-4-2)9-20-7-5-11(14)18/h10H,3-9H2,1-2H3. The summed E-state index contributed by atoms with van der Waals surface area (Å²) < 4.78 is 12.2. The fourth-order valence-corrected chi connectivity index (χ4v) is 2.49. The van der Waals surface area contributed by atoms with Crippen molar-refractivity contribution < 1.29 is 19.1 Å². The lowest BCUT2D eigenvalue weighted by molar-refractivity contribution is -0.169. The molecule has 0 amide bonds. The Kier molecular flexibility index (Phi) is 5.06. The lowest BCUT2D eigenvalue weighted by Crippen LogP contribution is -2.50. The van der Waals surface area contributed by atoms with Gasteiger partial charge >= 0.3 is 5.97 Å². The van der Waals surface area contributed by atoms with Crippen molar-refractivity contribution in [2.75, 3.05) is 19.8 Å². The molecule has 21 heavy (non-hydrogen) atoms. The highest BCUT2D eigenvalue weighted by Gasteiger charge is 2.50. The minimum atomic E-state index is -1.28. The van der Waals surface area contributed by atoms with Crippen LogP contribution in [0.25, 0.3) is 0 Å². The van der Waals surface area contributed by atoms with E-state index in [1.165, 1.54) is 6.33 Å². The van der Waals surface area contributed by atoms with E-state index in [0.29, 0.717) is 19.0 Å². The molecule has 1 saturated heterocycles. The molecule has 0 N–H and O–H groups in total. The smallest absolute Gasteiger partial charge is 0.322 e. The summed E-state index contributed by atoms with van der Waals surface area (Å²) in [5.41, 5.74) is -1.28. The second-order valence-electron chi connectivity index (χ2n) is 5.10. The number of rotatable bonds is 6. The number of ether oxygens (including phenoxy) is 2. The number of carbonyl (C=O) groups is 2. The normalized spacial score (nSPS) is 22.3. The summed E-state index contributed by atoms with van der Waals surface area (Å²) in [5.74, 6) is -0.0530. The van der Waals surface area contributed by atoms with Crippen molar-refractivity contribution >= 4 is 11.8 Å².